The molecule has 0 radical (unpaired) electrons. The highest BCUT2D eigenvalue weighted by Gasteiger charge is 2.33. The van der Waals surface area contributed by atoms with E-state index in [9.17, 15) is 22.8 Å². The van der Waals surface area contributed by atoms with E-state index in [1.165, 1.54) is 17.4 Å². The zero-order valence-electron chi connectivity index (χ0n) is 17.0. The van der Waals surface area contributed by atoms with E-state index in [2.05, 4.69) is 5.32 Å². The van der Waals surface area contributed by atoms with E-state index in [1.807, 2.05) is 10.3 Å². The molecular weight excluding hydrogens is 427 g/mol. The topological polar surface area (TPSA) is 52.7 Å². The fourth-order valence-corrected chi connectivity index (χ4v) is 4.90. The number of likely N-dealkylation sites (tertiary alicyclic amines) is 1. The lowest BCUT2D eigenvalue weighted by Gasteiger charge is -2.32. The standard InChI is InChI=1S/C22H24F3N3O2S/c23-22(24,25)16-7-8-18(27-9-1-2-10-27)17(13-16)26-20(29)15-5-3-11-28(14-15)21(30)19-6-4-12-31-19/h4,6-8,12-13,15H,1-3,5,9-11,14H2,(H,26,29). The number of hydrogen-bond donors (Lipinski definition) is 1. The molecule has 5 nitrogen and oxygen atoms in total. The van der Waals surface area contributed by atoms with Gasteiger partial charge in [-0.3, -0.25) is 9.59 Å². The lowest BCUT2D eigenvalue weighted by molar-refractivity contribution is -0.137. The Balaban J connectivity index is 1.52. The average Bonchev–Trinajstić information content (AvgIpc) is 3.47. The van der Waals surface area contributed by atoms with Crippen LogP contribution in [0.2, 0.25) is 0 Å². The molecule has 4 rings (SSSR count). The van der Waals surface area contributed by atoms with Crippen molar-refractivity contribution < 1.29 is 22.8 Å². The predicted molar refractivity (Wildman–Crippen MR) is 114 cm³/mol. The number of carbonyl (C=O) groups is 2. The highest BCUT2D eigenvalue weighted by atomic mass is 32.1. The van der Waals surface area contributed by atoms with Crippen LogP contribution in [-0.2, 0) is 11.0 Å². The number of anilines is 2. The van der Waals surface area contributed by atoms with Crippen molar-refractivity contribution in [3.8, 4) is 0 Å². The van der Waals surface area contributed by atoms with Crippen molar-refractivity contribution in [2.24, 2.45) is 5.92 Å². The van der Waals surface area contributed by atoms with Gasteiger partial charge < -0.3 is 15.1 Å². The van der Waals surface area contributed by atoms with E-state index in [4.69, 9.17) is 0 Å². The number of nitrogens with one attached hydrogen (secondary N) is 1. The highest BCUT2D eigenvalue weighted by Crippen LogP contribution is 2.37. The van der Waals surface area contributed by atoms with Crippen LogP contribution in [0.15, 0.2) is 35.7 Å². The number of halogens is 3. The van der Waals surface area contributed by atoms with Crippen molar-refractivity contribution in [3.63, 3.8) is 0 Å². The Kier molecular flexibility index (Phi) is 6.22. The van der Waals surface area contributed by atoms with Gasteiger partial charge in [0.1, 0.15) is 0 Å². The summed E-state index contributed by atoms with van der Waals surface area (Å²) < 4.78 is 39.8. The number of nitrogens with zero attached hydrogens (tertiary/aromatic N) is 2. The minimum atomic E-state index is -4.49. The van der Waals surface area contributed by atoms with Crippen LogP contribution in [0.1, 0.15) is 40.9 Å². The first-order valence-corrected chi connectivity index (χ1v) is 11.3. The maximum absolute atomic E-state index is 13.3. The fourth-order valence-electron chi connectivity index (χ4n) is 4.21. The molecule has 31 heavy (non-hydrogen) atoms. The minimum Gasteiger partial charge on any atom is -0.370 e. The second-order valence-corrected chi connectivity index (χ2v) is 8.93. The monoisotopic (exact) mass is 451 g/mol. The number of benzene rings is 1. The third-order valence-electron chi connectivity index (χ3n) is 5.84. The molecule has 3 heterocycles. The molecule has 166 valence electrons. The first-order chi connectivity index (χ1) is 14.8. The Bertz CT molecular complexity index is 940. The number of amides is 2. The SMILES string of the molecule is O=C(Nc1cc(C(F)(F)F)ccc1N1CCCC1)C1CCCN(C(=O)c2cccs2)C1. The van der Waals surface area contributed by atoms with Gasteiger partial charge in [-0.2, -0.15) is 13.2 Å². The second-order valence-electron chi connectivity index (χ2n) is 7.98. The van der Waals surface area contributed by atoms with Gasteiger partial charge in [-0.15, -0.1) is 11.3 Å². The van der Waals surface area contributed by atoms with Crippen LogP contribution in [0.5, 0.6) is 0 Å². The first-order valence-electron chi connectivity index (χ1n) is 10.4. The van der Waals surface area contributed by atoms with E-state index in [1.54, 1.807) is 17.0 Å². The Labute approximate surface area is 182 Å². The molecule has 1 N–H and O–H groups in total. The van der Waals surface area contributed by atoms with Crippen LogP contribution < -0.4 is 10.2 Å². The average molecular weight is 452 g/mol. The van der Waals surface area contributed by atoms with Gasteiger partial charge in [0.2, 0.25) is 5.91 Å². The van der Waals surface area contributed by atoms with Gasteiger partial charge in [-0.1, -0.05) is 6.07 Å². The molecule has 0 saturated carbocycles. The molecule has 2 aliphatic heterocycles. The molecule has 2 aromatic rings. The zero-order valence-corrected chi connectivity index (χ0v) is 17.8. The summed E-state index contributed by atoms with van der Waals surface area (Å²) in [5.74, 6) is -0.911. The summed E-state index contributed by atoms with van der Waals surface area (Å²) >= 11 is 1.35. The minimum absolute atomic E-state index is 0.107. The lowest BCUT2D eigenvalue weighted by Crippen LogP contribution is -2.43. The van der Waals surface area contributed by atoms with Gasteiger partial charge in [0.25, 0.3) is 5.91 Å². The summed E-state index contributed by atoms with van der Waals surface area (Å²) in [6.07, 6.45) is -1.28. The Morgan fingerprint density at radius 2 is 1.84 bits per heavy atom. The van der Waals surface area contributed by atoms with E-state index in [0.29, 0.717) is 30.0 Å². The first kappa shape index (κ1) is 21.7. The third-order valence-corrected chi connectivity index (χ3v) is 6.70. The number of hydrogen-bond acceptors (Lipinski definition) is 4. The predicted octanol–water partition coefficient (Wildman–Crippen LogP) is 4.86. The molecule has 1 aromatic carbocycles. The van der Waals surface area contributed by atoms with Crippen LogP contribution in [-0.4, -0.2) is 42.9 Å². The number of piperidine rings is 1. The molecule has 9 heteroatoms. The van der Waals surface area contributed by atoms with Crippen molar-refractivity contribution in [2.75, 3.05) is 36.4 Å². The number of alkyl halides is 3. The van der Waals surface area contributed by atoms with Crippen LogP contribution >= 0.6 is 11.3 Å². The third kappa shape index (κ3) is 4.87. The largest absolute Gasteiger partial charge is 0.416 e. The van der Waals surface area contributed by atoms with E-state index >= 15 is 0 Å². The summed E-state index contributed by atoms with van der Waals surface area (Å²) in [7, 11) is 0. The van der Waals surface area contributed by atoms with Crippen LogP contribution in [0.3, 0.4) is 0 Å². The van der Waals surface area contributed by atoms with E-state index < -0.39 is 17.7 Å². The van der Waals surface area contributed by atoms with Gasteiger partial charge in [-0.25, -0.2) is 0 Å². The normalized spacial score (nSPS) is 19.5. The molecule has 1 aromatic heterocycles. The summed E-state index contributed by atoms with van der Waals surface area (Å²) in [6.45, 7) is 2.34. The lowest BCUT2D eigenvalue weighted by atomic mass is 9.96. The second kappa shape index (κ2) is 8.90. The van der Waals surface area contributed by atoms with Crippen molar-refractivity contribution in [1.82, 2.24) is 4.90 Å². The molecule has 2 fully saturated rings. The molecular formula is C22H24F3N3O2S. The smallest absolute Gasteiger partial charge is 0.370 e. The Hall–Kier alpha value is -2.55. The Morgan fingerprint density at radius 1 is 1.06 bits per heavy atom. The summed E-state index contributed by atoms with van der Waals surface area (Å²) in [4.78, 5) is 29.9. The quantitative estimate of drug-likeness (QED) is 0.723. The van der Waals surface area contributed by atoms with Crippen molar-refractivity contribution in [1.29, 1.82) is 0 Å². The Morgan fingerprint density at radius 3 is 2.52 bits per heavy atom. The molecule has 0 bridgehead atoms. The van der Waals surface area contributed by atoms with E-state index in [0.717, 1.165) is 38.1 Å². The molecule has 0 spiro atoms. The van der Waals surface area contributed by atoms with Crippen LogP contribution in [0.4, 0.5) is 24.5 Å². The number of rotatable bonds is 4. The molecule has 2 saturated heterocycles. The van der Waals surface area contributed by atoms with Crippen molar-refractivity contribution in [2.45, 2.75) is 31.9 Å². The molecule has 1 unspecified atom stereocenters. The number of carbonyl (C=O) groups excluding carboxylic acids is 2. The zero-order chi connectivity index (χ0) is 22.0. The fraction of sp³-hybridized carbons (Fsp3) is 0.455. The summed E-state index contributed by atoms with van der Waals surface area (Å²) in [5, 5.41) is 4.58. The molecule has 1 atom stereocenters. The molecule has 2 amide bonds. The van der Waals surface area contributed by atoms with Crippen LogP contribution in [0.25, 0.3) is 0 Å². The summed E-state index contributed by atoms with van der Waals surface area (Å²) in [5.41, 5.74) is 0.00787. The van der Waals surface area contributed by atoms with Crippen LogP contribution in [0, 0.1) is 5.92 Å². The van der Waals surface area contributed by atoms with Crippen molar-refractivity contribution >= 4 is 34.5 Å². The maximum Gasteiger partial charge on any atom is 0.416 e. The maximum atomic E-state index is 13.3. The van der Waals surface area contributed by atoms with Gasteiger partial charge in [0, 0.05) is 26.2 Å². The van der Waals surface area contributed by atoms with E-state index in [-0.39, 0.29) is 24.0 Å². The van der Waals surface area contributed by atoms with Gasteiger partial charge >= 0.3 is 6.18 Å². The van der Waals surface area contributed by atoms with Gasteiger partial charge in [-0.05, 0) is 55.3 Å². The number of thiophene rings is 1. The highest BCUT2D eigenvalue weighted by molar-refractivity contribution is 7.12. The van der Waals surface area contributed by atoms with Gasteiger partial charge in [0.15, 0.2) is 0 Å². The van der Waals surface area contributed by atoms with Crippen molar-refractivity contribution in [3.05, 3.63) is 46.2 Å². The van der Waals surface area contributed by atoms with Gasteiger partial charge in [0.05, 0.1) is 27.7 Å². The molecule has 2 aliphatic rings. The summed E-state index contributed by atoms with van der Waals surface area (Å²) in [6, 6.07) is 7.08. The molecule has 0 aliphatic carbocycles.